The standard InChI is InChI=1S/C18H27N3O4S/c22-15-4-8-20(12-15)13-16-11-18(14-25-16)5-9-21(10-6-18)26(23,24)17-3-1-2-7-19-17/h1-3,7,15-16,22H,4-6,8-14H2/t15-,16-/m1/s1. The number of aliphatic hydroxyl groups excluding tert-OH is 1. The minimum Gasteiger partial charge on any atom is -0.392 e. The lowest BCUT2D eigenvalue weighted by atomic mass is 9.77. The number of ether oxygens (including phenoxy) is 1. The number of aliphatic hydroxyl groups is 1. The van der Waals surface area contributed by atoms with Crippen LogP contribution in [0.1, 0.15) is 25.7 Å². The Balaban J connectivity index is 1.34. The number of pyridine rings is 1. The van der Waals surface area contributed by atoms with E-state index in [2.05, 4.69) is 9.88 Å². The smallest absolute Gasteiger partial charge is 0.260 e. The predicted octanol–water partition coefficient (Wildman–Crippen LogP) is 0.708. The third-order valence-corrected chi connectivity index (χ3v) is 7.84. The Morgan fingerprint density at radius 3 is 2.73 bits per heavy atom. The number of aromatic nitrogens is 1. The first-order valence-electron chi connectivity index (χ1n) is 9.40. The van der Waals surface area contributed by atoms with Crippen molar-refractivity contribution in [3.63, 3.8) is 0 Å². The van der Waals surface area contributed by atoms with Gasteiger partial charge in [-0.1, -0.05) is 6.07 Å². The monoisotopic (exact) mass is 381 g/mol. The minimum absolute atomic E-state index is 0.0964. The van der Waals surface area contributed by atoms with Crippen LogP contribution < -0.4 is 0 Å². The topological polar surface area (TPSA) is 83.0 Å². The van der Waals surface area contributed by atoms with Crippen LogP contribution in [0.25, 0.3) is 0 Å². The Labute approximate surface area is 155 Å². The summed E-state index contributed by atoms with van der Waals surface area (Å²) in [5.41, 5.74) is 0.0964. The van der Waals surface area contributed by atoms with Crippen molar-refractivity contribution in [3.05, 3.63) is 24.4 Å². The first kappa shape index (κ1) is 18.3. The fourth-order valence-electron chi connectivity index (χ4n) is 4.46. The maximum Gasteiger partial charge on any atom is 0.260 e. The van der Waals surface area contributed by atoms with Gasteiger partial charge in [-0.15, -0.1) is 0 Å². The summed E-state index contributed by atoms with van der Waals surface area (Å²) in [6.07, 6.45) is 5.00. The number of β-amino-alcohol motifs (C(OH)–C–C–N with tert-alkyl or cyclic N) is 1. The number of nitrogens with zero attached hydrogens (tertiary/aromatic N) is 3. The Kier molecular flexibility index (Phi) is 5.04. The fraction of sp³-hybridized carbons (Fsp3) is 0.722. The fourth-order valence-corrected chi connectivity index (χ4v) is 5.83. The van der Waals surface area contributed by atoms with E-state index in [-0.39, 0.29) is 22.6 Å². The van der Waals surface area contributed by atoms with Gasteiger partial charge >= 0.3 is 0 Å². The number of piperidine rings is 1. The van der Waals surface area contributed by atoms with Gasteiger partial charge in [-0.25, -0.2) is 13.4 Å². The van der Waals surface area contributed by atoms with Crippen LogP contribution in [0.2, 0.25) is 0 Å². The molecule has 1 spiro atoms. The third-order valence-electron chi connectivity index (χ3n) is 6.02. The number of hydrogen-bond donors (Lipinski definition) is 1. The van der Waals surface area contributed by atoms with Gasteiger partial charge in [-0.05, 0) is 43.2 Å². The molecule has 144 valence electrons. The second-order valence-electron chi connectivity index (χ2n) is 7.91. The molecule has 4 rings (SSSR count). The third kappa shape index (κ3) is 3.66. The highest BCUT2D eigenvalue weighted by molar-refractivity contribution is 7.89. The molecule has 0 saturated carbocycles. The predicted molar refractivity (Wildman–Crippen MR) is 96.1 cm³/mol. The molecule has 7 nitrogen and oxygen atoms in total. The molecule has 4 heterocycles. The van der Waals surface area contributed by atoms with Crippen molar-refractivity contribution < 1.29 is 18.3 Å². The summed E-state index contributed by atoms with van der Waals surface area (Å²) >= 11 is 0. The highest BCUT2D eigenvalue weighted by atomic mass is 32.2. The molecular weight excluding hydrogens is 354 g/mol. The van der Waals surface area contributed by atoms with E-state index in [4.69, 9.17) is 4.74 Å². The molecule has 1 N–H and O–H groups in total. The molecule has 0 radical (unpaired) electrons. The Hall–Kier alpha value is -1.06. The summed E-state index contributed by atoms with van der Waals surface area (Å²) in [6, 6.07) is 4.98. The van der Waals surface area contributed by atoms with Crippen LogP contribution in [0, 0.1) is 5.41 Å². The largest absolute Gasteiger partial charge is 0.392 e. The zero-order valence-corrected chi connectivity index (χ0v) is 15.8. The molecule has 1 aromatic heterocycles. The van der Waals surface area contributed by atoms with Crippen LogP contribution in [-0.4, -0.2) is 79.3 Å². The molecule has 0 aliphatic carbocycles. The second kappa shape index (κ2) is 7.16. The Morgan fingerprint density at radius 2 is 2.08 bits per heavy atom. The van der Waals surface area contributed by atoms with Gasteiger partial charge in [-0.2, -0.15) is 4.31 Å². The Morgan fingerprint density at radius 1 is 1.27 bits per heavy atom. The van der Waals surface area contributed by atoms with E-state index in [0.717, 1.165) is 45.3 Å². The minimum atomic E-state index is -3.50. The van der Waals surface area contributed by atoms with Crippen molar-refractivity contribution in [2.75, 3.05) is 39.3 Å². The SMILES string of the molecule is O=S(=O)(c1ccccn1)N1CCC2(CC1)CO[C@@H](CN1CC[C@@H](O)C1)C2. The second-order valence-corrected chi connectivity index (χ2v) is 9.80. The van der Waals surface area contributed by atoms with Crippen LogP contribution in [-0.2, 0) is 14.8 Å². The van der Waals surface area contributed by atoms with Crippen molar-refractivity contribution in [2.45, 2.75) is 42.9 Å². The molecule has 0 unspecified atom stereocenters. The highest BCUT2D eigenvalue weighted by Gasteiger charge is 2.45. The first-order chi connectivity index (χ1) is 12.5. The van der Waals surface area contributed by atoms with Crippen molar-refractivity contribution >= 4 is 10.0 Å². The van der Waals surface area contributed by atoms with Gasteiger partial charge in [-0.3, -0.25) is 4.90 Å². The van der Waals surface area contributed by atoms with E-state index in [1.54, 1.807) is 22.5 Å². The molecule has 8 heteroatoms. The lowest BCUT2D eigenvalue weighted by molar-refractivity contribution is 0.0598. The number of rotatable bonds is 4. The van der Waals surface area contributed by atoms with E-state index in [0.29, 0.717) is 19.7 Å². The van der Waals surface area contributed by atoms with Gasteiger partial charge in [0, 0.05) is 38.9 Å². The van der Waals surface area contributed by atoms with Crippen LogP contribution in [0.3, 0.4) is 0 Å². The van der Waals surface area contributed by atoms with Crippen LogP contribution in [0.5, 0.6) is 0 Å². The van der Waals surface area contributed by atoms with E-state index >= 15 is 0 Å². The lowest BCUT2D eigenvalue weighted by Gasteiger charge is -2.37. The summed E-state index contributed by atoms with van der Waals surface area (Å²) in [4.78, 5) is 6.28. The molecule has 2 atom stereocenters. The zero-order valence-electron chi connectivity index (χ0n) is 15.0. The van der Waals surface area contributed by atoms with Crippen LogP contribution >= 0.6 is 0 Å². The molecule has 0 amide bonds. The van der Waals surface area contributed by atoms with Crippen molar-refractivity contribution in [1.29, 1.82) is 0 Å². The summed E-state index contributed by atoms with van der Waals surface area (Å²) in [7, 11) is -3.50. The molecule has 3 fully saturated rings. The molecule has 26 heavy (non-hydrogen) atoms. The number of hydrogen-bond acceptors (Lipinski definition) is 6. The molecule has 0 bridgehead atoms. The van der Waals surface area contributed by atoms with E-state index < -0.39 is 10.0 Å². The molecule has 3 aliphatic heterocycles. The van der Waals surface area contributed by atoms with E-state index in [1.165, 1.54) is 6.20 Å². The highest BCUT2D eigenvalue weighted by Crippen LogP contribution is 2.43. The van der Waals surface area contributed by atoms with Crippen molar-refractivity contribution in [2.24, 2.45) is 5.41 Å². The molecule has 1 aromatic rings. The molecule has 3 aliphatic rings. The van der Waals surface area contributed by atoms with Gasteiger partial charge < -0.3 is 9.84 Å². The van der Waals surface area contributed by atoms with Gasteiger partial charge in [0.25, 0.3) is 10.0 Å². The normalized spacial score (nSPS) is 30.2. The quantitative estimate of drug-likeness (QED) is 0.827. The first-order valence-corrected chi connectivity index (χ1v) is 10.8. The van der Waals surface area contributed by atoms with Gasteiger partial charge in [0.2, 0.25) is 0 Å². The van der Waals surface area contributed by atoms with Crippen molar-refractivity contribution in [1.82, 2.24) is 14.2 Å². The molecule has 3 saturated heterocycles. The average Bonchev–Trinajstić information content (AvgIpc) is 3.23. The number of sulfonamides is 1. The van der Waals surface area contributed by atoms with Gasteiger partial charge in [0.05, 0.1) is 18.8 Å². The molecular formula is C18H27N3O4S. The maximum absolute atomic E-state index is 12.7. The lowest BCUT2D eigenvalue weighted by Crippen LogP contribution is -2.43. The van der Waals surface area contributed by atoms with E-state index in [9.17, 15) is 13.5 Å². The van der Waals surface area contributed by atoms with Crippen LogP contribution in [0.4, 0.5) is 0 Å². The van der Waals surface area contributed by atoms with E-state index in [1.807, 2.05) is 0 Å². The van der Waals surface area contributed by atoms with Crippen LogP contribution in [0.15, 0.2) is 29.4 Å². The summed E-state index contributed by atoms with van der Waals surface area (Å²) < 4.78 is 33.0. The van der Waals surface area contributed by atoms with Crippen molar-refractivity contribution in [3.8, 4) is 0 Å². The Bertz CT molecular complexity index is 719. The maximum atomic E-state index is 12.7. The zero-order chi connectivity index (χ0) is 18.2. The molecule has 0 aromatic carbocycles. The summed E-state index contributed by atoms with van der Waals surface area (Å²) in [5.74, 6) is 0. The summed E-state index contributed by atoms with van der Waals surface area (Å²) in [5, 5.41) is 9.79. The van der Waals surface area contributed by atoms with Gasteiger partial charge in [0.15, 0.2) is 5.03 Å². The number of likely N-dealkylation sites (tertiary alicyclic amines) is 1. The summed E-state index contributed by atoms with van der Waals surface area (Å²) in [6.45, 7) is 4.31. The average molecular weight is 381 g/mol. The van der Waals surface area contributed by atoms with Gasteiger partial charge in [0.1, 0.15) is 0 Å².